The van der Waals surface area contributed by atoms with Crippen molar-refractivity contribution in [3.8, 4) is 11.5 Å². The van der Waals surface area contributed by atoms with Crippen molar-refractivity contribution in [3.63, 3.8) is 0 Å². The molecule has 0 saturated carbocycles. The molecular formula is C16H22BrNO3. The predicted octanol–water partition coefficient (Wildman–Crippen LogP) is 2.88. The molecule has 0 aromatic heterocycles. The lowest BCUT2D eigenvalue weighted by Gasteiger charge is -2.17. The fraction of sp³-hybridized carbons (Fsp3) is 0.562. The zero-order chi connectivity index (χ0) is 15.2. The molecule has 0 N–H and O–H groups in total. The summed E-state index contributed by atoms with van der Waals surface area (Å²) >= 11 is 3.47. The van der Waals surface area contributed by atoms with E-state index in [-0.39, 0.29) is 5.91 Å². The molecule has 1 heterocycles. The van der Waals surface area contributed by atoms with Gasteiger partial charge in [-0.05, 0) is 36.5 Å². The second-order valence-corrected chi connectivity index (χ2v) is 6.13. The normalized spacial score (nSPS) is 17.9. The highest BCUT2D eigenvalue weighted by molar-refractivity contribution is 9.09. The van der Waals surface area contributed by atoms with Crippen LogP contribution in [0.15, 0.2) is 18.2 Å². The average Bonchev–Trinajstić information content (AvgIpc) is 2.96. The lowest BCUT2D eigenvalue weighted by atomic mass is 10.1. The average molecular weight is 356 g/mol. The highest BCUT2D eigenvalue weighted by Crippen LogP contribution is 2.28. The van der Waals surface area contributed by atoms with Crippen molar-refractivity contribution in [1.82, 2.24) is 4.90 Å². The molecule has 1 aliphatic rings. The molecule has 116 valence electrons. The smallest absolute Gasteiger partial charge is 0.227 e. The fourth-order valence-corrected chi connectivity index (χ4v) is 3.37. The number of rotatable bonds is 6. The Balaban J connectivity index is 1.97. The van der Waals surface area contributed by atoms with E-state index >= 15 is 0 Å². The molecule has 1 saturated heterocycles. The van der Waals surface area contributed by atoms with E-state index in [1.807, 2.05) is 23.1 Å². The molecule has 1 atom stereocenters. The van der Waals surface area contributed by atoms with Gasteiger partial charge in [-0.2, -0.15) is 0 Å². The van der Waals surface area contributed by atoms with Crippen LogP contribution < -0.4 is 9.47 Å². The molecule has 0 radical (unpaired) electrons. The Bertz CT molecular complexity index is 492. The summed E-state index contributed by atoms with van der Waals surface area (Å²) in [5, 5.41) is 1.01. The Morgan fingerprint density at radius 2 is 2.10 bits per heavy atom. The van der Waals surface area contributed by atoms with E-state index in [1.165, 1.54) is 0 Å². The Hall–Kier alpha value is -1.23. The summed E-state index contributed by atoms with van der Waals surface area (Å²) in [7, 11) is 3.21. The van der Waals surface area contributed by atoms with Crippen molar-refractivity contribution in [2.45, 2.75) is 19.3 Å². The van der Waals surface area contributed by atoms with Gasteiger partial charge in [-0.1, -0.05) is 22.0 Å². The monoisotopic (exact) mass is 355 g/mol. The van der Waals surface area contributed by atoms with Gasteiger partial charge in [-0.15, -0.1) is 0 Å². The number of hydrogen-bond acceptors (Lipinski definition) is 3. The minimum Gasteiger partial charge on any atom is -0.493 e. The lowest BCUT2D eigenvalue weighted by Crippen LogP contribution is -2.30. The van der Waals surface area contributed by atoms with Crippen molar-refractivity contribution in [2.24, 2.45) is 5.92 Å². The highest BCUT2D eigenvalue weighted by Gasteiger charge is 2.25. The standard InChI is InChI=1S/C16H22BrNO3/c1-20-14-4-3-13(9-15(14)21-2)10-16(19)18-8-6-12(11-18)5-7-17/h3-4,9,12H,5-8,10-11H2,1-2H3. The van der Waals surface area contributed by atoms with Crippen LogP contribution >= 0.6 is 15.9 Å². The SMILES string of the molecule is COc1ccc(CC(=O)N2CCC(CCBr)C2)cc1OC. The number of carbonyl (C=O) groups is 1. The first-order chi connectivity index (χ1) is 10.2. The summed E-state index contributed by atoms with van der Waals surface area (Å²) < 4.78 is 10.5. The first-order valence-electron chi connectivity index (χ1n) is 7.22. The summed E-state index contributed by atoms with van der Waals surface area (Å²) in [5.74, 6) is 2.19. The number of amides is 1. The number of ether oxygens (including phenoxy) is 2. The largest absolute Gasteiger partial charge is 0.493 e. The van der Waals surface area contributed by atoms with E-state index < -0.39 is 0 Å². The van der Waals surface area contributed by atoms with Crippen LogP contribution in [0.5, 0.6) is 11.5 Å². The van der Waals surface area contributed by atoms with Crippen molar-refractivity contribution in [1.29, 1.82) is 0 Å². The van der Waals surface area contributed by atoms with Gasteiger partial charge in [0.1, 0.15) is 0 Å². The molecule has 1 aromatic carbocycles. The summed E-state index contributed by atoms with van der Waals surface area (Å²) in [6.07, 6.45) is 2.67. The van der Waals surface area contributed by atoms with Gasteiger partial charge < -0.3 is 14.4 Å². The molecule has 21 heavy (non-hydrogen) atoms. The van der Waals surface area contributed by atoms with Crippen LogP contribution in [0.1, 0.15) is 18.4 Å². The molecule has 0 spiro atoms. The van der Waals surface area contributed by atoms with E-state index in [0.717, 1.165) is 36.8 Å². The third-order valence-electron chi connectivity index (χ3n) is 3.96. The van der Waals surface area contributed by atoms with E-state index in [2.05, 4.69) is 15.9 Å². The summed E-state index contributed by atoms with van der Waals surface area (Å²) in [6.45, 7) is 1.77. The number of benzene rings is 1. The molecular weight excluding hydrogens is 334 g/mol. The van der Waals surface area contributed by atoms with Gasteiger partial charge in [0.25, 0.3) is 0 Å². The fourth-order valence-electron chi connectivity index (χ4n) is 2.73. The molecule has 2 rings (SSSR count). The van der Waals surface area contributed by atoms with Crippen LogP contribution in [0.3, 0.4) is 0 Å². The number of carbonyl (C=O) groups excluding carboxylic acids is 1. The first kappa shape index (κ1) is 16.1. The first-order valence-corrected chi connectivity index (χ1v) is 8.34. The molecule has 1 aliphatic heterocycles. The lowest BCUT2D eigenvalue weighted by molar-refractivity contribution is -0.129. The number of halogens is 1. The molecule has 0 bridgehead atoms. The molecule has 1 unspecified atom stereocenters. The van der Waals surface area contributed by atoms with Gasteiger partial charge in [-0.25, -0.2) is 0 Å². The van der Waals surface area contributed by atoms with Crippen LogP contribution in [0.2, 0.25) is 0 Å². The summed E-state index contributed by atoms with van der Waals surface area (Å²) in [5.41, 5.74) is 0.960. The molecule has 1 fully saturated rings. The van der Waals surface area contributed by atoms with Gasteiger partial charge in [0.15, 0.2) is 11.5 Å². The molecule has 4 nitrogen and oxygen atoms in total. The number of hydrogen-bond donors (Lipinski definition) is 0. The van der Waals surface area contributed by atoms with Gasteiger partial charge in [0.2, 0.25) is 5.91 Å². The minimum atomic E-state index is 0.194. The number of likely N-dealkylation sites (tertiary alicyclic amines) is 1. The second kappa shape index (κ2) is 7.69. The maximum absolute atomic E-state index is 12.4. The Kier molecular flexibility index (Phi) is 5.91. The van der Waals surface area contributed by atoms with E-state index in [0.29, 0.717) is 23.8 Å². The van der Waals surface area contributed by atoms with E-state index in [1.54, 1.807) is 14.2 Å². The predicted molar refractivity (Wildman–Crippen MR) is 86.3 cm³/mol. The maximum Gasteiger partial charge on any atom is 0.227 e. The third kappa shape index (κ3) is 4.13. The highest BCUT2D eigenvalue weighted by atomic mass is 79.9. The van der Waals surface area contributed by atoms with E-state index in [9.17, 15) is 4.79 Å². The van der Waals surface area contributed by atoms with Gasteiger partial charge in [0, 0.05) is 18.4 Å². The quantitative estimate of drug-likeness (QED) is 0.736. The van der Waals surface area contributed by atoms with Crippen LogP contribution in [0.25, 0.3) is 0 Å². The van der Waals surface area contributed by atoms with Crippen molar-refractivity contribution >= 4 is 21.8 Å². The van der Waals surface area contributed by atoms with Crippen LogP contribution in [-0.2, 0) is 11.2 Å². The van der Waals surface area contributed by atoms with Gasteiger partial charge in [-0.3, -0.25) is 4.79 Å². The molecule has 5 heteroatoms. The Morgan fingerprint density at radius 1 is 1.33 bits per heavy atom. The molecule has 0 aliphatic carbocycles. The van der Waals surface area contributed by atoms with Gasteiger partial charge >= 0.3 is 0 Å². The number of methoxy groups -OCH3 is 2. The summed E-state index contributed by atoms with van der Waals surface area (Å²) in [6, 6.07) is 5.65. The Morgan fingerprint density at radius 3 is 2.76 bits per heavy atom. The molecule has 1 aromatic rings. The maximum atomic E-state index is 12.4. The van der Waals surface area contributed by atoms with Crippen molar-refractivity contribution in [3.05, 3.63) is 23.8 Å². The number of nitrogens with zero attached hydrogens (tertiary/aromatic N) is 1. The Labute approximate surface area is 134 Å². The molecule has 1 amide bonds. The summed E-state index contributed by atoms with van der Waals surface area (Å²) in [4.78, 5) is 14.3. The van der Waals surface area contributed by atoms with Crippen LogP contribution in [0.4, 0.5) is 0 Å². The van der Waals surface area contributed by atoms with Crippen molar-refractivity contribution in [2.75, 3.05) is 32.6 Å². The van der Waals surface area contributed by atoms with Gasteiger partial charge in [0.05, 0.1) is 20.6 Å². The van der Waals surface area contributed by atoms with E-state index in [4.69, 9.17) is 9.47 Å². The minimum absolute atomic E-state index is 0.194. The number of alkyl halides is 1. The third-order valence-corrected chi connectivity index (χ3v) is 4.42. The topological polar surface area (TPSA) is 38.8 Å². The second-order valence-electron chi connectivity index (χ2n) is 5.34. The van der Waals surface area contributed by atoms with Crippen molar-refractivity contribution < 1.29 is 14.3 Å². The van der Waals surface area contributed by atoms with Crippen LogP contribution in [0, 0.1) is 5.92 Å². The van der Waals surface area contributed by atoms with Crippen LogP contribution in [-0.4, -0.2) is 43.4 Å². The zero-order valence-electron chi connectivity index (χ0n) is 12.6. The zero-order valence-corrected chi connectivity index (χ0v) is 14.2.